The van der Waals surface area contributed by atoms with Gasteiger partial charge in [0.2, 0.25) is 0 Å². The Morgan fingerprint density at radius 1 is 1.14 bits per heavy atom. The molecule has 0 unspecified atom stereocenters. The molecule has 1 N–H and O–H groups in total. The highest BCUT2D eigenvalue weighted by Gasteiger charge is 2.49. The van der Waals surface area contributed by atoms with Crippen molar-refractivity contribution >= 4 is 29.9 Å². The second-order valence-corrected chi connectivity index (χ2v) is 8.19. The third kappa shape index (κ3) is 3.01. The highest BCUT2D eigenvalue weighted by Crippen LogP contribution is 2.57. The van der Waals surface area contributed by atoms with Crippen LogP contribution in [-0.4, -0.2) is 37.0 Å². The van der Waals surface area contributed by atoms with Crippen LogP contribution in [-0.2, 0) is 0 Å². The first-order valence-corrected chi connectivity index (χ1v) is 9.29. The first-order valence-electron chi connectivity index (χ1n) is 9.29. The Kier molecular flexibility index (Phi) is 4.96. The van der Waals surface area contributed by atoms with E-state index in [2.05, 4.69) is 17.1 Å². The number of nitrogens with one attached hydrogen (secondary N) is 1. The van der Waals surface area contributed by atoms with Gasteiger partial charge in [-0.15, -0.1) is 24.0 Å². The van der Waals surface area contributed by atoms with Crippen LogP contribution in [0, 0.1) is 16.7 Å². The normalized spacial score (nSPS) is 28.8. The zero-order chi connectivity index (χ0) is 14.3. The number of guanidine groups is 1. The SMILES string of the molecule is CCNC(=NCC1(C2CC2)CCC1)N1CCC2(CCC2)C1.I. The number of likely N-dealkylation sites (tertiary alicyclic amines) is 1. The predicted molar refractivity (Wildman–Crippen MR) is 103 cm³/mol. The van der Waals surface area contributed by atoms with Gasteiger partial charge in [-0.1, -0.05) is 12.8 Å². The Bertz CT molecular complexity index is 422. The maximum atomic E-state index is 5.11. The fourth-order valence-corrected chi connectivity index (χ4v) is 4.88. The Morgan fingerprint density at radius 2 is 1.86 bits per heavy atom. The Balaban J connectivity index is 0.00000144. The van der Waals surface area contributed by atoms with Crippen molar-refractivity contribution in [3.8, 4) is 0 Å². The second kappa shape index (κ2) is 6.48. The highest BCUT2D eigenvalue weighted by molar-refractivity contribution is 14.0. The van der Waals surface area contributed by atoms with Gasteiger partial charge in [0.25, 0.3) is 0 Å². The van der Waals surface area contributed by atoms with E-state index in [-0.39, 0.29) is 24.0 Å². The number of hydrogen-bond acceptors (Lipinski definition) is 1. The van der Waals surface area contributed by atoms with E-state index in [9.17, 15) is 0 Å². The van der Waals surface area contributed by atoms with E-state index >= 15 is 0 Å². The molecule has 0 bridgehead atoms. The van der Waals surface area contributed by atoms with Crippen molar-refractivity contribution in [3.05, 3.63) is 0 Å². The molecule has 0 aromatic heterocycles. The predicted octanol–water partition coefficient (Wildman–Crippen LogP) is 4.03. The van der Waals surface area contributed by atoms with E-state index in [4.69, 9.17) is 4.99 Å². The maximum absolute atomic E-state index is 5.11. The van der Waals surface area contributed by atoms with Crippen molar-refractivity contribution < 1.29 is 0 Å². The number of nitrogens with zero attached hydrogens (tertiary/aromatic N) is 2. The van der Waals surface area contributed by atoms with Crippen molar-refractivity contribution in [2.24, 2.45) is 21.7 Å². The van der Waals surface area contributed by atoms with Crippen molar-refractivity contribution in [2.75, 3.05) is 26.2 Å². The van der Waals surface area contributed by atoms with Gasteiger partial charge in [-0.05, 0) is 68.6 Å². The first kappa shape index (κ1) is 16.8. The Hall–Kier alpha value is 0. The molecule has 3 aliphatic carbocycles. The molecule has 4 heteroatoms. The van der Waals surface area contributed by atoms with Crippen molar-refractivity contribution in [1.82, 2.24) is 10.2 Å². The van der Waals surface area contributed by atoms with Gasteiger partial charge in [0.15, 0.2) is 5.96 Å². The summed E-state index contributed by atoms with van der Waals surface area (Å²) in [5, 5.41) is 3.57. The summed E-state index contributed by atoms with van der Waals surface area (Å²) >= 11 is 0. The largest absolute Gasteiger partial charge is 0.357 e. The average Bonchev–Trinajstić information content (AvgIpc) is 3.13. The lowest BCUT2D eigenvalue weighted by Gasteiger charge is -2.42. The van der Waals surface area contributed by atoms with Crippen LogP contribution in [0.15, 0.2) is 4.99 Å². The summed E-state index contributed by atoms with van der Waals surface area (Å²) < 4.78 is 0. The quantitative estimate of drug-likeness (QED) is 0.425. The lowest BCUT2D eigenvalue weighted by molar-refractivity contribution is 0.112. The summed E-state index contributed by atoms with van der Waals surface area (Å²) in [6, 6.07) is 0. The molecule has 1 aliphatic heterocycles. The van der Waals surface area contributed by atoms with E-state index in [0.717, 1.165) is 19.0 Å². The molecule has 4 fully saturated rings. The summed E-state index contributed by atoms with van der Waals surface area (Å²) in [5.74, 6) is 2.22. The summed E-state index contributed by atoms with van der Waals surface area (Å²) in [6.07, 6.45) is 13.0. The maximum Gasteiger partial charge on any atom is 0.193 e. The molecule has 1 saturated heterocycles. The zero-order valence-electron chi connectivity index (χ0n) is 14.1. The van der Waals surface area contributed by atoms with Gasteiger partial charge in [0.05, 0.1) is 0 Å². The molecule has 0 aromatic carbocycles. The molecule has 1 spiro atoms. The smallest absolute Gasteiger partial charge is 0.193 e. The first-order chi connectivity index (χ1) is 10.3. The van der Waals surface area contributed by atoms with Gasteiger partial charge in [0, 0.05) is 26.2 Å². The average molecular weight is 417 g/mol. The minimum Gasteiger partial charge on any atom is -0.357 e. The molecular weight excluding hydrogens is 385 g/mol. The molecule has 0 aromatic rings. The van der Waals surface area contributed by atoms with Gasteiger partial charge in [-0.2, -0.15) is 0 Å². The topological polar surface area (TPSA) is 27.6 Å². The van der Waals surface area contributed by atoms with Crippen molar-refractivity contribution in [2.45, 2.75) is 64.7 Å². The molecule has 0 atom stereocenters. The molecule has 126 valence electrons. The van der Waals surface area contributed by atoms with Crippen molar-refractivity contribution in [1.29, 1.82) is 0 Å². The molecular formula is C18H32IN3. The molecule has 3 nitrogen and oxygen atoms in total. The van der Waals surface area contributed by atoms with Crippen LogP contribution < -0.4 is 5.32 Å². The Morgan fingerprint density at radius 3 is 2.32 bits per heavy atom. The summed E-state index contributed by atoms with van der Waals surface area (Å²) in [5.41, 5.74) is 1.27. The molecule has 0 radical (unpaired) electrons. The number of hydrogen-bond donors (Lipinski definition) is 1. The third-order valence-corrected chi connectivity index (χ3v) is 6.82. The fourth-order valence-electron chi connectivity index (χ4n) is 4.88. The van der Waals surface area contributed by atoms with Crippen LogP contribution in [0.25, 0.3) is 0 Å². The van der Waals surface area contributed by atoms with E-state index < -0.39 is 0 Å². The van der Waals surface area contributed by atoms with Gasteiger partial charge in [-0.3, -0.25) is 4.99 Å². The zero-order valence-corrected chi connectivity index (χ0v) is 16.4. The number of aliphatic imine (C=N–C) groups is 1. The molecule has 3 saturated carbocycles. The molecule has 1 heterocycles. The highest BCUT2D eigenvalue weighted by atomic mass is 127. The second-order valence-electron chi connectivity index (χ2n) is 8.19. The van der Waals surface area contributed by atoms with Crippen LogP contribution in [0.2, 0.25) is 0 Å². The molecule has 4 aliphatic rings. The van der Waals surface area contributed by atoms with Gasteiger partial charge >= 0.3 is 0 Å². The lowest BCUT2D eigenvalue weighted by atomic mass is 9.65. The molecule has 0 amide bonds. The van der Waals surface area contributed by atoms with Crippen LogP contribution >= 0.6 is 24.0 Å². The van der Waals surface area contributed by atoms with Gasteiger partial charge in [-0.25, -0.2) is 0 Å². The summed E-state index contributed by atoms with van der Waals surface area (Å²) in [6.45, 7) is 6.77. The van der Waals surface area contributed by atoms with Crippen molar-refractivity contribution in [3.63, 3.8) is 0 Å². The fraction of sp³-hybridized carbons (Fsp3) is 0.944. The standard InChI is InChI=1S/C18H31N3.HI/c1-2-19-16(21-12-11-17(14-21)7-3-8-17)20-13-18(9-4-10-18)15-5-6-15;/h15H,2-14H2,1H3,(H,19,20);1H. The molecule has 4 rings (SSSR count). The van der Waals surface area contributed by atoms with Crippen LogP contribution in [0.3, 0.4) is 0 Å². The minimum atomic E-state index is 0. The monoisotopic (exact) mass is 417 g/mol. The van der Waals surface area contributed by atoms with Gasteiger partial charge < -0.3 is 10.2 Å². The van der Waals surface area contributed by atoms with Crippen LogP contribution in [0.1, 0.15) is 64.7 Å². The number of halogens is 1. The molecule has 22 heavy (non-hydrogen) atoms. The third-order valence-electron chi connectivity index (χ3n) is 6.82. The van der Waals surface area contributed by atoms with Crippen LogP contribution in [0.4, 0.5) is 0 Å². The van der Waals surface area contributed by atoms with Crippen LogP contribution in [0.5, 0.6) is 0 Å². The summed E-state index contributed by atoms with van der Waals surface area (Å²) in [4.78, 5) is 7.66. The minimum absolute atomic E-state index is 0. The summed E-state index contributed by atoms with van der Waals surface area (Å²) in [7, 11) is 0. The Labute approximate surface area is 152 Å². The lowest BCUT2D eigenvalue weighted by Crippen LogP contribution is -2.44. The van der Waals surface area contributed by atoms with Gasteiger partial charge in [0.1, 0.15) is 0 Å². The number of rotatable bonds is 4. The van der Waals surface area contributed by atoms with E-state index in [0.29, 0.717) is 10.8 Å². The van der Waals surface area contributed by atoms with E-state index in [1.54, 1.807) is 0 Å². The van der Waals surface area contributed by atoms with E-state index in [1.807, 2.05) is 0 Å². The van der Waals surface area contributed by atoms with E-state index in [1.165, 1.54) is 76.8 Å².